The minimum Gasteiger partial charge on any atom is -0.481 e. The lowest BCUT2D eigenvalue weighted by Crippen LogP contribution is -2.62. The standard InChI is InChI=1S/C30H40N4O5/c1-38-32-26(10-11-28(35)36)29-30(37)34(27-9-5-4-8-25(27)31-29)22-15-23-17-39-18-24(16-22)33(23)21-13-19-6-2-3-7-20(12-19)14-21/h4-5,8-9,19-24H,2-3,6-7,10-18H2,1H3,(H,35,36)/b32-26+/t19?,20?,21?,22-,23-,24+. The Balaban J connectivity index is 1.34. The molecule has 4 aliphatic rings. The fourth-order valence-electron chi connectivity index (χ4n) is 8.08. The first-order valence-corrected chi connectivity index (χ1v) is 14.7. The Morgan fingerprint density at radius 1 is 1.00 bits per heavy atom. The highest BCUT2D eigenvalue weighted by molar-refractivity contribution is 6.00. The quantitative estimate of drug-likeness (QED) is 0.414. The van der Waals surface area contributed by atoms with Gasteiger partial charge < -0.3 is 19.2 Å². The van der Waals surface area contributed by atoms with Crippen LogP contribution in [0.15, 0.2) is 34.2 Å². The van der Waals surface area contributed by atoms with E-state index >= 15 is 0 Å². The summed E-state index contributed by atoms with van der Waals surface area (Å²) in [6.07, 6.45) is 11.2. The molecule has 2 unspecified atom stereocenters. The molecule has 210 valence electrons. The van der Waals surface area contributed by atoms with Crippen LogP contribution in [0.5, 0.6) is 0 Å². The number of benzene rings is 1. The molecule has 2 aliphatic carbocycles. The Morgan fingerprint density at radius 2 is 1.69 bits per heavy atom. The van der Waals surface area contributed by atoms with Gasteiger partial charge in [0.25, 0.3) is 5.56 Å². The number of morpholine rings is 1. The van der Waals surface area contributed by atoms with Crippen molar-refractivity contribution in [3.05, 3.63) is 40.3 Å². The zero-order valence-electron chi connectivity index (χ0n) is 22.8. The number of oxime groups is 1. The van der Waals surface area contributed by atoms with Gasteiger partial charge in [-0.05, 0) is 56.1 Å². The van der Waals surface area contributed by atoms with E-state index in [9.17, 15) is 14.7 Å². The summed E-state index contributed by atoms with van der Waals surface area (Å²) < 4.78 is 8.00. The minimum atomic E-state index is -0.956. The van der Waals surface area contributed by atoms with Crippen molar-refractivity contribution >= 4 is 22.7 Å². The predicted octanol–water partition coefficient (Wildman–Crippen LogP) is 4.38. The second-order valence-corrected chi connectivity index (χ2v) is 12.0. The van der Waals surface area contributed by atoms with E-state index in [4.69, 9.17) is 9.57 Å². The largest absolute Gasteiger partial charge is 0.481 e. The van der Waals surface area contributed by atoms with Crippen molar-refractivity contribution in [3.63, 3.8) is 0 Å². The predicted molar refractivity (Wildman–Crippen MR) is 148 cm³/mol. The van der Waals surface area contributed by atoms with Crippen LogP contribution in [0.3, 0.4) is 0 Å². The molecule has 9 nitrogen and oxygen atoms in total. The lowest BCUT2D eigenvalue weighted by Gasteiger charge is -2.54. The number of nitrogens with zero attached hydrogens (tertiary/aromatic N) is 4. The highest BCUT2D eigenvalue weighted by Crippen LogP contribution is 2.44. The van der Waals surface area contributed by atoms with Gasteiger partial charge in [-0.25, -0.2) is 4.98 Å². The summed E-state index contributed by atoms with van der Waals surface area (Å²) in [7, 11) is 1.40. The van der Waals surface area contributed by atoms with Crippen LogP contribution in [-0.2, 0) is 14.4 Å². The summed E-state index contributed by atoms with van der Waals surface area (Å²) in [6.45, 7) is 1.41. The van der Waals surface area contributed by atoms with E-state index in [1.54, 1.807) is 0 Å². The first kappa shape index (κ1) is 26.4. The van der Waals surface area contributed by atoms with Crippen LogP contribution in [0.2, 0.25) is 0 Å². The molecule has 3 heterocycles. The molecular weight excluding hydrogens is 496 g/mol. The number of piperidine rings is 1. The normalized spacial score (nSPS) is 31.6. The van der Waals surface area contributed by atoms with Gasteiger partial charge in [0.05, 0.1) is 30.7 Å². The van der Waals surface area contributed by atoms with E-state index in [1.807, 2.05) is 28.8 Å². The van der Waals surface area contributed by atoms with Crippen molar-refractivity contribution in [2.75, 3.05) is 20.3 Å². The molecular formula is C30H40N4O5. The summed E-state index contributed by atoms with van der Waals surface area (Å²) in [5, 5.41) is 13.3. The maximum absolute atomic E-state index is 14.1. The van der Waals surface area contributed by atoms with Crippen LogP contribution in [-0.4, -0.2) is 69.7 Å². The zero-order valence-corrected chi connectivity index (χ0v) is 22.8. The topological polar surface area (TPSA) is 106 Å². The van der Waals surface area contributed by atoms with E-state index in [1.165, 1.54) is 52.1 Å². The molecule has 2 saturated carbocycles. The van der Waals surface area contributed by atoms with Gasteiger partial charge in [0.15, 0.2) is 5.69 Å². The Labute approximate surface area is 229 Å². The van der Waals surface area contributed by atoms with Crippen molar-refractivity contribution in [3.8, 4) is 0 Å². The van der Waals surface area contributed by atoms with Crippen LogP contribution in [0.4, 0.5) is 0 Å². The number of hydrogen-bond donors (Lipinski definition) is 1. The summed E-state index contributed by atoms with van der Waals surface area (Å²) in [5.41, 5.74) is 1.73. The Hall–Kier alpha value is -2.78. The van der Waals surface area contributed by atoms with Gasteiger partial charge in [0, 0.05) is 30.6 Å². The lowest BCUT2D eigenvalue weighted by atomic mass is 9.75. The third-order valence-corrected chi connectivity index (χ3v) is 9.54. The molecule has 4 fully saturated rings. The number of para-hydroxylation sites is 2. The summed E-state index contributed by atoms with van der Waals surface area (Å²) in [5.74, 6) is 0.756. The molecule has 1 aromatic heterocycles. The van der Waals surface area contributed by atoms with Gasteiger partial charge in [0.2, 0.25) is 0 Å². The van der Waals surface area contributed by atoms with E-state index in [2.05, 4.69) is 15.0 Å². The van der Waals surface area contributed by atoms with Crippen molar-refractivity contribution in [1.29, 1.82) is 0 Å². The Bertz CT molecular complexity index is 1260. The lowest BCUT2D eigenvalue weighted by molar-refractivity contribution is -0.136. The SMILES string of the molecule is CO/N=C(\CCC(=O)O)c1nc2ccccc2n([C@H]2C[C@H]3COC[C@@H](C2)N3C2CC3CCCCC(C3)C2)c1=O. The number of carbonyl (C=O) groups is 1. The molecule has 0 radical (unpaired) electrons. The van der Waals surface area contributed by atoms with Crippen LogP contribution < -0.4 is 5.56 Å². The molecule has 2 saturated heterocycles. The molecule has 0 spiro atoms. The highest BCUT2D eigenvalue weighted by Gasteiger charge is 2.45. The summed E-state index contributed by atoms with van der Waals surface area (Å²) >= 11 is 0. The second-order valence-electron chi connectivity index (χ2n) is 12.0. The van der Waals surface area contributed by atoms with Crippen LogP contribution >= 0.6 is 0 Å². The van der Waals surface area contributed by atoms with Gasteiger partial charge >= 0.3 is 5.97 Å². The number of hydrogen-bond acceptors (Lipinski definition) is 7. The van der Waals surface area contributed by atoms with Crippen LogP contribution in [0.25, 0.3) is 11.0 Å². The maximum atomic E-state index is 14.1. The number of aliphatic carboxylic acids is 1. The number of aromatic nitrogens is 2. The fraction of sp³-hybridized carbons (Fsp3) is 0.667. The number of ether oxygens (including phenoxy) is 1. The fourth-order valence-corrected chi connectivity index (χ4v) is 8.08. The van der Waals surface area contributed by atoms with Gasteiger partial charge in [-0.2, -0.15) is 0 Å². The first-order chi connectivity index (χ1) is 19.0. The first-order valence-electron chi connectivity index (χ1n) is 14.7. The average Bonchev–Trinajstić information content (AvgIpc) is 3.09. The number of fused-ring (bicyclic) bond motifs is 5. The smallest absolute Gasteiger partial charge is 0.303 e. The monoisotopic (exact) mass is 536 g/mol. The Morgan fingerprint density at radius 3 is 2.36 bits per heavy atom. The van der Waals surface area contributed by atoms with E-state index in [-0.39, 0.29) is 47.9 Å². The molecule has 2 aliphatic heterocycles. The average molecular weight is 537 g/mol. The van der Waals surface area contributed by atoms with Gasteiger partial charge in [-0.15, -0.1) is 0 Å². The summed E-state index contributed by atoms with van der Waals surface area (Å²) in [4.78, 5) is 37.8. The number of carboxylic acids is 1. The zero-order chi connectivity index (χ0) is 26.9. The van der Waals surface area contributed by atoms with Gasteiger partial charge in [-0.1, -0.05) is 43.0 Å². The molecule has 6 rings (SSSR count). The minimum absolute atomic E-state index is 0.00781. The number of rotatable bonds is 7. The number of carboxylic acid groups (broad SMARTS) is 1. The molecule has 9 heteroatoms. The molecule has 39 heavy (non-hydrogen) atoms. The molecule has 1 N–H and O–H groups in total. The third kappa shape index (κ3) is 5.35. The molecule has 1 aromatic carbocycles. The highest BCUT2D eigenvalue weighted by atomic mass is 16.6. The van der Waals surface area contributed by atoms with Crippen molar-refractivity contribution in [1.82, 2.24) is 14.5 Å². The Kier molecular flexibility index (Phi) is 7.71. The van der Waals surface area contributed by atoms with Gasteiger partial charge in [0.1, 0.15) is 12.8 Å². The summed E-state index contributed by atoms with van der Waals surface area (Å²) in [6, 6.07) is 8.91. The van der Waals surface area contributed by atoms with Crippen molar-refractivity contribution in [2.24, 2.45) is 17.0 Å². The van der Waals surface area contributed by atoms with Crippen LogP contribution in [0, 0.1) is 11.8 Å². The molecule has 4 bridgehead atoms. The molecule has 2 aromatic rings. The van der Waals surface area contributed by atoms with Crippen LogP contribution in [0.1, 0.15) is 82.4 Å². The molecule has 0 amide bonds. The van der Waals surface area contributed by atoms with E-state index < -0.39 is 5.97 Å². The second kappa shape index (κ2) is 11.4. The van der Waals surface area contributed by atoms with Crippen molar-refractivity contribution in [2.45, 2.75) is 94.8 Å². The van der Waals surface area contributed by atoms with Gasteiger partial charge in [-0.3, -0.25) is 14.5 Å². The maximum Gasteiger partial charge on any atom is 0.303 e. The van der Waals surface area contributed by atoms with Crippen molar-refractivity contribution < 1.29 is 19.5 Å². The third-order valence-electron chi connectivity index (χ3n) is 9.54. The molecule has 5 atom stereocenters. The van der Waals surface area contributed by atoms with E-state index in [0.29, 0.717) is 24.8 Å². The van der Waals surface area contributed by atoms with E-state index in [0.717, 1.165) is 30.2 Å².